The Morgan fingerprint density at radius 2 is 2.17 bits per heavy atom. The molecule has 2 N–H and O–H groups in total. The summed E-state index contributed by atoms with van der Waals surface area (Å²) in [6.45, 7) is 6.22. The van der Waals surface area contributed by atoms with Gasteiger partial charge in [0.1, 0.15) is 0 Å². The van der Waals surface area contributed by atoms with Crippen LogP contribution in [0.3, 0.4) is 0 Å². The number of carbonyl (C=O) groups excluding carboxylic acids is 1. The molecule has 1 fully saturated rings. The fourth-order valence-corrected chi connectivity index (χ4v) is 3.57. The number of aromatic amines is 1. The lowest BCUT2D eigenvalue weighted by Gasteiger charge is -2.40. The molecular formula is C17H22N6O. The van der Waals surface area contributed by atoms with Crippen molar-refractivity contribution < 1.29 is 4.79 Å². The Hall–Kier alpha value is -2.44. The Kier molecular flexibility index (Phi) is 3.70. The second-order valence-corrected chi connectivity index (χ2v) is 6.82. The first-order chi connectivity index (χ1) is 11.6. The maximum atomic E-state index is 12.3. The van der Waals surface area contributed by atoms with Crippen LogP contribution in [0.4, 0.5) is 5.82 Å². The summed E-state index contributed by atoms with van der Waals surface area (Å²) in [6.07, 6.45) is 3.37. The van der Waals surface area contributed by atoms with Crippen molar-refractivity contribution in [3.8, 4) is 0 Å². The van der Waals surface area contributed by atoms with E-state index in [-0.39, 0.29) is 5.91 Å². The molecule has 126 valence electrons. The number of hydrogen-bond acceptors (Lipinski definition) is 5. The second kappa shape index (κ2) is 5.89. The summed E-state index contributed by atoms with van der Waals surface area (Å²) in [5.41, 5.74) is 4.73. The Morgan fingerprint density at radius 3 is 2.92 bits per heavy atom. The quantitative estimate of drug-likeness (QED) is 0.881. The Bertz CT molecular complexity index is 758. The van der Waals surface area contributed by atoms with Gasteiger partial charge in [0.25, 0.3) is 5.91 Å². The Balaban J connectivity index is 1.30. The maximum Gasteiger partial charge on any atom is 0.255 e. The number of fused-ring (bicyclic) bond motifs is 1. The van der Waals surface area contributed by atoms with Crippen molar-refractivity contribution in [1.29, 1.82) is 0 Å². The lowest BCUT2D eigenvalue weighted by Crippen LogP contribution is -2.52. The van der Waals surface area contributed by atoms with Gasteiger partial charge in [0, 0.05) is 31.2 Å². The van der Waals surface area contributed by atoms with Crippen molar-refractivity contribution in [2.24, 2.45) is 5.92 Å². The van der Waals surface area contributed by atoms with Crippen LogP contribution in [0.2, 0.25) is 0 Å². The number of H-pyrrole nitrogens is 1. The monoisotopic (exact) mass is 326 g/mol. The van der Waals surface area contributed by atoms with Gasteiger partial charge in [-0.2, -0.15) is 10.2 Å². The van der Waals surface area contributed by atoms with Gasteiger partial charge in [-0.1, -0.05) is 0 Å². The molecule has 1 aliphatic heterocycles. The molecule has 1 amide bonds. The number of nitrogens with one attached hydrogen (secondary N) is 2. The molecule has 4 rings (SSSR count). The van der Waals surface area contributed by atoms with Crippen LogP contribution in [0.25, 0.3) is 0 Å². The summed E-state index contributed by atoms with van der Waals surface area (Å²) in [5, 5.41) is 18.6. The van der Waals surface area contributed by atoms with Crippen molar-refractivity contribution in [3.63, 3.8) is 0 Å². The van der Waals surface area contributed by atoms with Gasteiger partial charge >= 0.3 is 0 Å². The number of aromatic nitrogens is 4. The minimum absolute atomic E-state index is 0.0467. The van der Waals surface area contributed by atoms with Crippen LogP contribution in [0.1, 0.15) is 39.4 Å². The van der Waals surface area contributed by atoms with Crippen molar-refractivity contribution in [2.75, 3.05) is 24.5 Å². The largest absolute Gasteiger partial charge is 0.354 e. The van der Waals surface area contributed by atoms with Crippen LogP contribution >= 0.6 is 0 Å². The molecule has 0 unspecified atom stereocenters. The standard InChI is InChI=1S/C17H22N6O/c1-10-16(11(2)20-19-10)17(24)18-7-12-8-23(9-12)15-6-13-4-3-5-14(13)21-22-15/h6,12H,3-5,7-9H2,1-2H3,(H,18,24)(H,19,20). The zero-order valence-corrected chi connectivity index (χ0v) is 14.1. The molecule has 0 bridgehead atoms. The zero-order valence-electron chi connectivity index (χ0n) is 14.1. The zero-order chi connectivity index (χ0) is 16.7. The second-order valence-electron chi connectivity index (χ2n) is 6.82. The fraction of sp³-hybridized carbons (Fsp3) is 0.529. The van der Waals surface area contributed by atoms with Crippen LogP contribution in [0, 0.1) is 19.8 Å². The number of anilines is 1. The summed E-state index contributed by atoms with van der Waals surface area (Å²) in [4.78, 5) is 14.5. The van der Waals surface area contributed by atoms with Gasteiger partial charge in [0.05, 0.1) is 17.0 Å². The van der Waals surface area contributed by atoms with E-state index in [0.717, 1.165) is 48.8 Å². The molecule has 7 heteroatoms. The molecule has 3 heterocycles. The number of amides is 1. The highest BCUT2D eigenvalue weighted by Gasteiger charge is 2.29. The molecule has 0 radical (unpaired) electrons. The maximum absolute atomic E-state index is 12.3. The molecule has 1 saturated heterocycles. The van der Waals surface area contributed by atoms with Gasteiger partial charge in [-0.15, -0.1) is 5.10 Å². The van der Waals surface area contributed by atoms with E-state index in [1.165, 1.54) is 12.0 Å². The average molecular weight is 326 g/mol. The normalized spacial score (nSPS) is 16.8. The minimum atomic E-state index is -0.0467. The van der Waals surface area contributed by atoms with E-state index in [1.54, 1.807) is 0 Å². The first-order valence-electron chi connectivity index (χ1n) is 8.52. The molecule has 0 spiro atoms. The van der Waals surface area contributed by atoms with Crippen molar-refractivity contribution in [1.82, 2.24) is 25.7 Å². The highest BCUT2D eigenvalue weighted by Crippen LogP contribution is 2.26. The van der Waals surface area contributed by atoms with E-state index in [1.807, 2.05) is 13.8 Å². The highest BCUT2D eigenvalue weighted by atomic mass is 16.1. The van der Waals surface area contributed by atoms with Gasteiger partial charge in [0.2, 0.25) is 0 Å². The van der Waals surface area contributed by atoms with Gasteiger partial charge in [-0.3, -0.25) is 9.89 Å². The van der Waals surface area contributed by atoms with Crippen LogP contribution in [-0.2, 0) is 12.8 Å². The number of rotatable bonds is 4. The fourth-order valence-electron chi connectivity index (χ4n) is 3.57. The van der Waals surface area contributed by atoms with Crippen molar-refractivity contribution >= 4 is 11.7 Å². The van der Waals surface area contributed by atoms with Gasteiger partial charge in [0.15, 0.2) is 5.82 Å². The minimum Gasteiger partial charge on any atom is -0.354 e. The summed E-state index contributed by atoms with van der Waals surface area (Å²) in [5.74, 6) is 1.38. The predicted octanol–water partition coefficient (Wildman–Crippen LogP) is 1.17. The van der Waals surface area contributed by atoms with E-state index in [2.05, 4.69) is 36.7 Å². The summed E-state index contributed by atoms with van der Waals surface area (Å²) < 4.78 is 0. The number of nitrogens with zero attached hydrogens (tertiary/aromatic N) is 4. The molecule has 0 aromatic carbocycles. The van der Waals surface area contributed by atoms with Gasteiger partial charge in [-0.25, -0.2) is 0 Å². The Morgan fingerprint density at radius 1 is 1.33 bits per heavy atom. The lowest BCUT2D eigenvalue weighted by molar-refractivity contribution is 0.0943. The highest BCUT2D eigenvalue weighted by molar-refractivity contribution is 5.96. The van der Waals surface area contributed by atoms with Crippen LogP contribution in [-0.4, -0.2) is 45.9 Å². The van der Waals surface area contributed by atoms with Gasteiger partial charge < -0.3 is 10.2 Å². The molecule has 24 heavy (non-hydrogen) atoms. The molecule has 2 aromatic heterocycles. The molecule has 2 aromatic rings. The number of carbonyl (C=O) groups is 1. The molecule has 0 saturated carbocycles. The van der Waals surface area contributed by atoms with Crippen molar-refractivity contribution in [3.05, 3.63) is 34.3 Å². The molecule has 1 aliphatic carbocycles. The van der Waals surface area contributed by atoms with E-state index < -0.39 is 0 Å². The number of aryl methyl sites for hydroxylation is 4. The molecular weight excluding hydrogens is 304 g/mol. The van der Waals surface area contributed by atoms with Gasteiger partial charge in [-0.05, 0) is 44.7 Å². The van der Waals surface area contributed by atoms with E-state index in [4.69, 9.17) is 0 Å². The molecule has 0 atom stereocenters. The summed E-state index contributed by atoms with van der Waals surface area (Å²) >= 11 is 0. The average Bonchev–Trinajstić information content (AvgIpc) is 3.11. The van der Waals surface area contributed by atoms with Crippen LogP contribution in [0.15, 0.2) is 6.07 Å². The third-order valence-corrected chi connectivity index (χ3v) is 4.99. The van der Waals surface area contributed by atoms with Crippen LogP contribution < -0.4 is 10.2 Å². The molecule has 7 nitrogen and oxygen atoms in total. The third-order valence-electron chi connectivity index (χ3n) is 4.99. The van der Waals surface area contributed by atoms with E-state index in [0.29, 0.717) is 18.0 Å². The summed E-state index contributed by atoms with van der Waals surface area (Å²) in [7, 11) is 0. The SMILES string of the molecule is Cc1n[nH]c(C)c1C(=O)NCC1CN(c2cc3c(nn2)CCC3)C1. The first-order valence-corrected chi connectivity index (χ1v) is 8.52. The van der Waals surface area contributed by atoms with Crippen molar-refractivity contribution in [2.45, 2.75) is 33.1 Å². The Labute approximate surface area is 140 Å². The lowest BCUT2D eigenvalue weighted by atomic mass is 9.99. The topological polar surface area (TPSA) is 86.8 Å². The number of hydrogen-bond donors (Lipinski definition) is 2. The summed E-state index contributed by atoms with van der Waals surface area (Å²) in [6, 6.07) is 2.18. The smallest absolute Gasteiger partial charge is 0.255 e. The molecule has 2 aliphatic rings. The van der Waals surface area contributed by atoms with E-state index in [9.17, 15) is 4.79 Å². The van der Waals surface area contributed by atoms with E-state index >= 15 is 0 Å². The van der Waals surface area contributed by atoms with Crippen LogP contribution in [0.5, 0.6) is 0 Å². The third kappa shape index (κ3) is 2.64. The first kappa shape index (κ1) is 15.1. The predicted molar refractivity (Wildman–Crippen MR) is 90.2 cm³/mol.